The van der Waals surface area contributed by atoms with Crippen molar-refractivity contribution < 1.29 is 64.3 Å². The largest absolute Gasteiger partial charge is 1.00 e. The van der Waals surface area contributed by atoms with Gasteiger partial charge in [0, 0.05) is 18.3 Å². The van der Waals surface area contributed by atoms with E-state index >= 15 is 0 Å². The average molecular weight is 270 g/mol. The number of rotatable bonds is 3. The van der Waals surface area contributed by atoms with Crippen molar-refractivity contribution in [2.75, 3.05) is 0 Å². The number of hydrogen-bond donors (Lipinski definition) is 0. The molecule has 0 bridgehead atoms. The zero-order chi connectivity index (χ0) is 12.5. The van der Waals surface area contributed by atoms with Gasteiger partial charge in [0.25, 0.3) is 5.56 Å². The van der Waals surface area contributed by atoms with E-state index in [2.05, 4.69) is 11.6 Å². The van der Waals surface area contributed by atoms with Gasteiger partial charge in [0.15, 0.2) is 0 Å². The number of halogens is 3. The maximum absolute atomic E-state index is 12.3. The molecule has 0 N–H and O–H groups in total. The normalized spacial score (nSPS) is 10.9. The van der Waals surface area contributed by atoms with Gasteiger partial charge in [0.2, 0.25) is 0 Å². The minimum atomic E-state index is -5.12. The topological polar surface area (TPSA) is 34.9 Å². The molecule has 0 amide bonds. The Morgan fingerprint density at radius 2 is 2.00 bits per heavy atom. The third kappa shape index (κ3) is 4.71. The molecule has 0 radical (unpaired) electrons. The van der Waals surface area contributed by atoms with Crippen LogP contribution in [0.25, 0.3) is 0 Å². The van der Waals surface area contributed by atoms with Crippen molar-refractivity contribution >= 4 is 6.98 Å². The first-order chi connectivity index (χ1) is 7.21. The fourth-order valence-electron chi connectivity index (χ4n) is 1.26. The van der Waals surface area contributed by atoms with Gasteiger partial charge in [-0.1, -0.05) is 0 Å². The van der Waals surface area contributed by atoms with Crippen LogP contribution in [0.2, 0.25) is 0 Å². The van der Waals surface area contributed by atoms with E-state index in [9.17, 15) is 17.7 Å². The summed E-state index contributed by atoms with van der Waals surface area (Å²) in [6.45, 7) is 0.373. The first kappa shape index (κ1) is 17.1. The zero-order valence-electron chi connectivity index (χ0n) is 10.0. The van der Waals surface area contributed by atoms with Gasteiger partial charge in [-0.25, -0.2) is 4.98 Å². The van der Waals surface area contributed by atoms with Gasteiger partial charge in [-0.2, -0.15) is 0 Å². The minimum Gasteiger partial charge on any atom is -0.445 e. The van der Waals surface area contributed by atoms with Gasteiger partial charge < -0.3 is 12.9 Å². The molecule has 0 saturated carbocycles. The van der Waals surface area contributed by atoms with Crippen LogP contribution in [-0.4, -0.2) is 16.5 Å². The molecule has 17 heavy (non-hydrogen) atoms. The van der Waals surface area contributed by atoms with E-state index in [1.165, 1.54) is 13.0 Å². The number of aryl methyl sites for hydroxylation is 2. The fourth-order valence-corrected chi connectivity index (χ4v) is 1.26. The van der Waals surface area contributed by atoms with E-state index in [0.29, 0.717) is 5.69 Å². The van der Waals surface area contributed by atoms with Crippen LogP contribution in [0.4, 0.5) is 12.9 Å². The molecule has 0 aliphatic carbocycles. The summed E-state index contributed by atoms with van der Waals surface area (Å²) in [5.74, 6) is 0.256. The Hall–Kier alpha value is 0.111. The molecule has 88 valence electrons. The summed E-state index contributed by atoms with van der Waals surface area (Å²) in [6, 6.07) is 1.20. The number of nitrogens with zero attached hydrogens (tertiary/aromatic N) is 2. The molecule has 0 spiro atoms. The molecule has 0 aliphatic rings. The Bertz CT molecular complexity index is 484. The van der Waals surface area contributed by atoms with Crippen LogP contribution in [-0.2, 0) is 6.54 Å². The predicted molar refractivity (Wildman–Crippen MR) is 56.2 cm³/mol. The molecule has 8 heteroatoms. The van der Waals surface area contributed by atoms with Gasteiger partial charge in [-0.05, 0) is 13.8 Å². The SMILES string of the molecule is C=C(Cn1c(C)nc(C)cc1=O)[B-](F)(F)F.[K+]. The average Bonchev–Trinajstić information content (AvgIpc) is 2.08. The predicted octanol–water partition coefficient (Wildman–Crippen LogP) is -1.19. The Balaban J connectivity index is 0.00000256. The van der Waals surface area contributed by atoms with Gasteiger partial charge in [0.1, 0.15) is 5.82 Å². The summed E-state index contributed by atoms with van der Waals surface area (Å²) < 4.78 is 37.9. The van der Waals surface area contributed by atoms with E-state index in [4.69, 9.17) is 0 Å². The molecular formula is C9H11BF3KN2O. The van der Waals surface area contributed by atoms with E-state index in [-0.39, 0.29) is 57.2 Å². The summed E-state index contributed by atoms with van der Waals surface area (Å²) in [5, 5.41) is 0. The molecular weight excluding hydrogens is 259 g/mol. The zero-order valence-corrected chi connectivity index (χ0v) is 13.1. The summed E-state index contributed by atoms with van der Waals surface area (Å²) in [7, 11) is 0. The van der Waals surface area contributed by atoms with Crippen LogP contribution in [0, 0.1) is 13.8 Å². The first-order valence-corrected chi connectivity index (χ1v) is 4.64. The van der Waals surface area contributed by atoms with E-state index in [1.54, 1.807) is 6.92 Å². The first-order valence-electron chi connectivity index (χ1n) is 4.64. The molecule has 0 atom stereocenters. The van der Waals surface area contributed by atoms with Gasteiger partial charge in [-0.15, -0.1) is 12.1 Å². The number of allylic oxidation sites excluding steroid dienone is 1. The number of hydrogen-bond acceptors (Lipinski definition) is 2. The van der Waals surface area contributed by atoms with Crippen molar-refractivity contribution in [2.24, 2.45) is 0 Å². The van der Waals surface area contributed by atoms with Gasteiger partial charge >= 0.3 is 58.4 Å². The maximum atomic E-state index is 12.3. The molecule has 3 nitrogen and oxygen atoms in total. The Morgan fingerprint density at radius 3 is 2.41 bits per heavy atom. The van der Waals surface area contributed by atoms with Crippen LogP contribution < -0.4 is 56.9 Å². The maximum Gasteiger partial charge on any atom is 1.00 e. The van der Waals surface area contributed by atoms with Crippen molar-refractivity contribution in [2.45, 2.75) is 20.4 Å². The van der Waals surface area contributed by atoms with Crippen molar-refractivity contribution in [1.29, 1.82) is 0 Å². The number of aromatic nitrogens is 2. The standard InChI is InChI=1S/C9H11BF3N2O.K/c1-6(10(11,12)13)5-15-8(3)14-7(2)4-9(15)16;/h4H,1,5H2,2-3H3;/q-1;+1. The molecule has 0 aromatic carbocycles. The molecule has 1 aromatic heterocycles. The van der Waals surface area contributed by atoms with Crippen LogP contribution in [0.5, 0.6) is 0 Å². The van der Waals surface area contributed by atoms with Crippen LogP contribution in [0.3, 0.4) is 0 Å². The fraction of sp³-hybridized carbons (Fsp3) is 0.333. The van der Waals surface area contributed by atoms with E-state index in [0.717, 1.165) is 4.57 Å². The second kappa shape index (κ2) is 6.33. The Kier molecular flexibility index (Phi) is 6.37. The van der Waals surface area contributed by atoms with Crippen molar-refractivity contribution in [3.63, 3.8) is 0 Å². The molecule has 0 unspecified atom stereocenters. The molecule has 1 aromatic rings. The van der Waals surface area contributed by atoms with Gasteiger partial charge in [-0.3, -0.25) is 9.36 Å². The molecule has 0 aliphatic heterocycles. The molecule has 1 rings (SSSR count). The smallest absolute Gasteiger partial charge is 0.445 e. The summed E-state index contributed by atoms with van der Waals surface area (Å²) in [5.41, 5.74) is -0.913. The van der Waals surface area contributed by atoms with E-state index < -0.39 is 24.6 Å². The second-order valence-electron chi connectivity index (χ2n) is 3.60. The third-order valence-electron chi connectivity index (χ3n) is 2.15. The second-order valence-corrected chi connectivity index (χ2v) is 3.60. The third-order valence-corrected chi connectivity index (χ3v) is 2.15. The van der Waals surface area contributed by atoms with Crippen LogP contribution in [0.1, 0.15) is 11.5 Å². The van der Waals surface area contributed by atoms with Gasteiger partial charge in [0.05, 0.1) is 0 Å². The molecule has 0 fully saturated rings. The Labute approximate surface area is 140 Å². The quantitative estimate of drug-likeness (QED) is 0.647. The van der Waals surface area contributed by atoms with Crippen LogP contribution >= 0.6 is 0 Å². The summed E-state index contributed by atoms with van der Waals surface area (Å²) in [6.07, 6.45) is 0. The molecule has 0 saturated heterocycles. The van der Waals surface area contributed by atoms with E-state index in [1.807, 2.05) is 0 Å². The van der Waals surface area contributed by atoms with Crippen molar-refractivity contribution in [3.8, 4) is 0 Å². The molecule has 1 heterocycles. The monoisotopic (exact) mass is 270 g/mol. The Morgan fingerprint density at radius 1 is 1.47 bits per heavy atom. The summed E-state index contributed by atoms with van der Waals surface area (Å²) in [4.78, 5) is 15.4. The minimum absolute atomic E-state index is 0. The van der Waals surface area contributed by atoms with Crippen LogP contribution in [0.15, 0.2) is 22.9 Å². The van der Waals surface area contributed by atoms with Crippen molar-refractivity contribution in [1.82, 2.24) is 9.55 Å². The summed E-state index contributed by atoms with van der Waals surface area (Å²) >= 11 is 0. The van der Waals surface area contributed by atoms with Crippen molar-refractivity contribution in [3.05, 3.63) is 40.0 Å².